The van der Waals surface area contributed by atoms with Gasteiger partial charge in [-0.1, -0.05) is 43.5 Å². The van der Waals surface area contributed by atoms with E-state index in [-0.39, 0.29) is 11.8 Å². The van der Waals surface area contributed by atoms with Gasteiger partial charge in [0.25, 0.3) is 0 Å². The number of benzene rings is 1. The molecule has 112 valence electrons. The largest absolute Gasteiger partial charge is 0.506 e. The molecule has 0 radical (unpaired) electrons. The van der Waals surface area contributed by atoms with E-state index in [1.165, 1.54) is 0 Å². The first-order chi connectivity index (χ1) is 9.54. The summed E-state index contributed by atoms with van der Waals surface area (Å²) in [6.07, 6.45) is 1.04. The van der Waals surface area contributed by atoms with Crippen molar-refractivity contribution in [2.75, 3.05) is 26.2 Å². The minimum Gasteiger partial charge on any atom is -0.506 e. The smallest absolute Gasteiger partial charge is 0.139 e. The van der Waals surface area contributed by atoms with Crippen LogP contribution in [0.3, 0.4) is 0 Å². The quantitative estimate of drug-likeness (QED) is 0.889. The molecule has 20 heavy (non-hydrogen) atoms. The summed E-state index contributed by atoms with van der Waals surface area (Å²) < 4.78 is 0. The Labute approximate surface area is 130 Å². The molecule has 1 heterocycles. The molecule has 2 rings (SSSR count). The highest BCUT2D eigenvalue weighted by molar-refractivity contribution is 6.35. The lowest BCUT2D eigenvalue weighted by atomic mass is 9.90. The number of halogens is 2. The molecule has 3 nitrogen and oxygen atoms in total. The molecule has 2 atom stereocenters. The molecule has 0 spiro atoms. The van der Waals surface area contributed by atoms with Gasteiger partial charge in [0, 0.05) is 42.8 Å². The maximum absolute atomic E-state index is 10.3. The molecule has 1 aliphatic rings. The van der Waals surface area contributed by atoms with Gasteiger partial charge in [-0.3, -0.25) is 4.90 Å². The number of nitrogens with one attached hydrogen (secondary N) is 1. The normalized spacial score (nSPS) is 19.8. The van der Waals surface area contributed by atoms with Crippen molar-refractivity contribution in [1.82, 2.24) is 10.2 Å². The van der Waals surface area contributed by atoms with Crippen LogP contribution >= 0.6 is 23.2 Å². The van der Waals surface area contributed by atoms with E-state index in [1.807, 2.05) is 6.07 Å². The van der Waals surface area contributed by atoms with Gasteiger partial charge in [0.05, 0.1) is 5.02 Å². The Kier molecular flexibility index (Phi) is 5.56. The van der Waals surface area contributed by atoms with E-state index >= 15 is 0 Å². The molecule has 0 bridgehead atoms. The van der Waals surface area contributed by atoms with Crippen LogP contribution < -0.4 is 5.32 Å². The van der Waals surface area contributed by atoms with Gasteiger partial charge in [0.1, 0.15) is 5.75 Å². The standard InChI is InChI=1S/C15H22Cl2N2O/c1-3-10(2)14(19-6-4-18-5-7-19)12-8-11(16)9-13(17)15(12)20/h8-10,14,18,20H,3-7H2,1-2H3/t10?,14-/m1/s1. The zero-order valence-corrected chi connectivity index (χ0v) is 13.5. The van der Waals surface area contributed by atoms with Crippen LogP contribution in [0.25, 0.3) is 0 Å². The monoisotopic (exact) mass is 316 g/mol. The fourth-order valence-corrected chi connectivity index (χ4v) is 3.37. The number of hydrogen-bond donors (Lipinski definition) is 2. The first-order valence-electron chi connectivity index (χ1n) is 7.17. The first kappa shape index (κ1) is 15.9. The Morgan fingerprint density at radius 2 is 1.95 bits per heavy atom. The number of nitrogens with zero attached hydrogens (tertiary/aromatic N) is 1. The van der Waals surface area contributed by atoms with Gasteiger partial charge in [-0.15, -0.1) is 0 Å². The molecular weight excluding hydrogens is 295 g/mol. The summed E-state index contributed by atoms with van der Waals surface area (Å²) >= 11 is 12.2. The zero-order chi connectivity index (χ0) is 14.7. The molecule has 1 aromatic carbocycles. The van der Waals surface area contributed by atoms with Crippen LogP contribution in [0.1, 0.15) is 31.9 Å². The summed E-state index contributed by atoms with van der Waals surface area (Å²) in [6.45, 7) is 8.27. The molecule has 0 amide bonds. The van der Waals surface area contributed by atoms with Gasteiger partial charge in [0.2, 0.25) is 0 Å². The zero-order valence-electron chi connectivity index (χ0n) is 12.0. The molecule has 2 N–H and O–H groups in total. The van der Waals surface area contributed by atoms with Crippen molar-refractivity contribution in [2.24, 2.45) is 5.92 Å². The maximum atomic E-state index is 10.3. The summed E-state index contributed by atoms with van der Waals surface area (Å²) in [4.78, 5) is 2.41. The predicted octanol–water partition coefficient (Wildman–Crippen LogP) is 3.69. The van der Waals surface area contributed by atoms with Crippen molar-refractivity contribution in [1.29, 1.82) is 0 Å². The van der Waals surface area contributed by atoms with Crippen molar-refractivity contribution >= 4 is 23.2 Å². The SMILES string of the molecule is CCC(C)[C@H](c1cc(Cl)cc(Cl)c1O)N1CCNCC1. The minimum atomic E-state index is 0.151. The number of phenolic OH excluding ortho intramolecular Hbond substituents is 1. The average molecular weight is 317 g/mol. The Bertz CT molecular complexity index is 461. The van der Waals surface area contributed by atoms with E-state index in [0.29, 0.717) is 16.0 Å². The second-order valence-electron chi connectivity index (χ2n) is 5.44. The van der Waals surface area contributed by atoms with E-state index in [0.717, 1.165) is 38.2 Å². The van der Waals surface area contributed by atoms with Crippen LogP contribution in [0.5, 0.6) is 5.75 Å². The van der Waals surface area contributed by atoms with E-state index in [4.69, 9.17) is 23.2 Å². The van der Waals surface area contributed by atoms with Crippen molar-refractivity contribution in [2.45, 2.75) is 26.3 Å². The summed E-state index contributed by atoms with van der Waals surface area (Å²) in [5.74, 6) is 0.591. The number of hydrogen-bond acceptors (Lipinski definition) is 3. The van der Waals surface area contributed by atoms with Crippen LogP contribution in [0.15, 0.2) is 12.1 Å². The second-order valence-corrected chi connectivity index (χ2v) is 6.29. The molecule has 5 heteroatoms. The van der Waals surface area contributed by atoms with Crippen molar-refractivity contribution < 1.29 is 5.11 Å². The summed E-state index contributed by atoms with van der Waals surface area (Å²) in [7, 11) is 0. The van der Waals surface area contributed by atoms with Crippen molar-refractivity contribution in [3.05, 3.63) is 27.7 Å². The molecule has 1 fully saturated rings. The third kappa shape index (κ3) is 3.40. The predicted molar refractivity (Wildman–Crippen MR) is 84.8 cm³/mol. The van der Waals surface area contributed by atoms with E-state index in [2.05, 4.69) is 24.1 Å². The number of rotatable bonds is 4. The maximum Gasteiger partial charge on any atom is 0.139 e. The molecule has 1 aromatic rings. The van der Waals surface area contributed by atoms with E-state index < -0.39 is 0 Å². The van der Waals surface area contributed by atoms with E-state index in [1.54, 1.807) is 6.07 Å². The van der Waals surface area contributed by atoms with Crippen molar-refractivity contribution in [3.8, 4) is 5.75 Å². The Balaban J connectivity index is 2.40. The van der Waals surface area contributed by atoms with Crippen LogP contribution in [-0.2, 0) is 0 Å². The van der Waals surface area contributed by atoms with Gasteiger partial charge >= 0.3 is 0 Å². The lowest BCUT2D eigenvalue weighted by Gasteiger charge is -2.38. The first-order valence-corrected chi connectivity index (χ1v) is 7.92. The van der Waals surface area contributed by atoms with Gasteiger partial charge in [0.15, 0.2) is 0 Å². The molecule has 0 aliphatic carbocycles. The number of piperazine rings is 1. The van der Waals surface area contributed by atoms with Crippen LogP contribution in [0.4, 0.5) is 0 Å². The van der Waals surface area contributed by atoms with Crippen LogP contribution in [0.2, 0.25) is 10.0 Å². The third-order valence-electron chi connectivity index (χ3n) is 4.10. The number of phenols is 1. The summed E-state index contributed by atoms with van der Waals surface area (Å²) in [6, 6.07) is 3.59. The average Bonchev–Trinajstić information content (AvgIpc) is 2.45. The summed E-state index contributed by atoms with van der Waals surface area (Å²) in [5.41, 5.74) is 0.846. The molecule has 1 saturated heterocycles. The van der Waals surface area contributed by atoms with Gasteiger partial charge in [-0.05, 0) is 18.1 Å². The minimum absolute atomic E-state index is 0.151. The topological polar surface area (TPSA) is 35.5 Å². The molecule has 0 saturated carbocycles. The van der Waals surface area contributed by atoms with Crippen LogP contribution in [-0.4, -0.2) is 36.2 Å². The molecule has 0 aromatic heterocycles. The highest BCUT2D eigenvalue weighted by Gasteiger charge is 2.29. The van der Waals surface area contributed by atoms with Crippen LogP contribution in [0, 0.1) is 5.92 Å². The molecule has 1 unspecified atom stereocenters. The highest BCUT2D eigenvalue weighted by Crippen LogP contribution is 2.41. The van der Waals surface area contributed by atoms with Crippen molar-refractivity contribution in [3.63, 3.8) is 0 Å². The fraction of sp³-hybridized carbons (Fsp3) is 0.600. The Hall–Kier alpha value is -0.480. The third-order valence-corrected chi connectivity index (χ3v) is 4.61. The fourth-order valence-electron chi connectivity index (χ4n) is 2.86. The van der Waals surface area contributed by atoms with Gasteiger partial charge in [-0.25, -0.2) is 0 Å². The lowest BCUT2D eigenvalue weighted by molar-refractivity contribution is 0.126. The second kappa shape index (κ2) is 6.99. The lowest BCUT2D eigenvalue weighted by Crippen LogP contribution is -2.46. The summed E-state index contributed by atoms with van der Waals surface area (Å²) in [5, 5.41) is 14.6. The van der Waals surface area contributed by atoms with Gasteiger partial charge < -0.3 is 10.4 Å². The Morgan fingerprint density at radius 3 is 2.55 bits per heavy atom. The highest BCUT2D eigenvalue weighted by atomic mass is 35.5. The van der Waals surface area contributed by atoms with Gasteiger partial charge in [-0.2, -0.15) is 0 Å². The Morgan fingerprint density at radius 1 is 1.30 bits per heavy atom. The molecule has 1 aliphatic heterocycles. The molecular formula is C15H22Cl2N2O. The van der Waals surface area contributed by atoms with E-state index in [9.17, 15) is 5.11 Å². The number of aromatic hydroxyl groups is 1.